The van der Waals surface area contributed by atoms with Gasteiger partial charge in [0.05, 0.1) is 0 Å². The molecule has 1 fully saturated rings. The van der Waals surface area contributed by atoms with Gasteiger partial charge in [-0.2, -0.15) is 12.7 Å². The Kier molecular flexibility index (Phi) is 5.17. The fraction of sp³-hybridized carbons (Fsp3) is 1.00. The van der Waals surface area contributed by atoms with E-state index in [1.165, 1.54) is 4.31 Å². The van der Waals surface area contributed by atoms with Crippen molar-refractivity contribution < 1.29 is 8.42 Å². The molecule has 0 amide bonds. The summed E-state index contributed by atoms with van der Waals surface area (Å²) in [6.07, 6.45) is 3.07. The maximum Gasteiger partial charge on any atom is 0.276 e. The molecular formula is C10H23N3O2S. The van der Waals surface area contributed by atoms with E-state index >= 15 is 0 Å². The van der Waals surface area contributed by atoms with Crippen molar-refractivity contribution in [3.8, 4) is 0 Å². The summed E-state index contributed by atoms with van der Waals surface area (Å²) in [5.41, 5.74) is 0. The Morgan fingerprint density at radius 2 is 2.25 bits per heavy atom. The first-order valence-corrected chi connectivity index (χ1v) is 7.46. The number of nitrogens with zero attached hydrogens (tertiary/aromatic N) is 1. The normalized spacial score (nSPS) is 25.6. The third-order valence-corrected chi connectivity index (χ3v) is 4.26. The minimum Gasteiger partial charge on any atom is -0.314 e. The van der Waals surface area contributed by atoms with Crippen LogP contribution in [-0.4, -0.2) is 38.4 Å². The van der Waals surface area contributed by atoms with Crippen LogP contribution in [0.5, 0.6) is 0 Å². The smallest absolute Gasteiger partial charge is 0.276 e. The van der Waals surface area contributed by atoms with Gasteiger partial charge >= 0.3 is 0 Å². The number of piperidine rings is 1. The molecule has 5 nitrogen and oxygen atoms in total. The molecule has 0 saturated carbocycles. The lowest BCUT2D eigenvalue weighted by atomic mass is 9.93. The molecule has 96 valence electrons. The molecule has 0 radical (unpaired) electrons. The van der Waals surface area contributed by atoms with Crippen LogP contribution in [-0.2, 0) is 10.2 Å². The molecule has 6 heteroatoms. The molecule has 1 rings (SSSR count). The molecule has 2 atom stereocenters. The van der Waals surface area contributed by atoms with Crippen LogP contribution in [0.4, 0.5) is 0 Å². The van der Waals surface area contributed by atoms with Crippen LogP contribution in [0.2, 0.25) is 0 Å². The van der Waals surface area contributed by atoms with Crippen molar-refractivity contribution in [1.82, 2.24) is 9.62 Å². The van der Waals surface area contributed by atoms with Gasteiger partial charge in [-0.15, -0.1) is 0 Å². The summed E-state index contributed by atoms with van der Waals surface area (Å²) in [5.74, 6) is 0.374. The average Bonchev–Trinajstić information content (AvgIpc) is 2.25. The van der Waals surface area contributed by atoms with Gasteiger partial charge < -0.3 is 5.32 Å². The highest BCUT2D eigenvalue weighted by molar-refractivity contribution is 7.86. The fourth-order valence-corrected chi connectivity index (χ4v) is 2.93. The van der Waals surface area contributed by atoms with E-state index in [0.29, 0.717) is 25.0 Å². The van der Waals surface area contributed by atoms with Crippen molar-refractivity contribution in [2.45, 2.75) is 39.2 Å². The second-order valence-electron chi connectivity index (χ2n) is 4.55. The van der Waals surface area contributed by atoms with Crippen LogP contribution in [0, 0.1) is 5.92 Å². The van der Waals surface area contributed by atoms with E-state index in [2.05, 4.69) is 19.2 Å². The second kappa shape index (κ2) is 5.95. The average molecular weight is 249 g/mol. The fourth-order valence-electron chi connectivity index (χ4n) is 2.15. The van der Waals surface area contributed by atoms with Gasteiger partial charge in [-0.25, -0.2) is 5.14 Å². The summed E-state index contributed by atoms with van der Waals surface area (Å²) in [4.78, 5) is 0. The molecular weight excluding hydrogens is 226 g/mol. The monoisotopic (exact) mass is 249 g/mol. The van der Waals surface area contributed by atoms with Crippen molar-refractivity contribution in [3.05, 3.63) is 0 Å². The summed E-state index contributed by atoms with van der Waals surface area (Å²) >= 11 is 0. The molecule has 0 aromatic heterocycles. The number of hydrogen-bond donors (Lipinski definition) is 2. The second-order valence-corrected chi connectivity index (χ2v) is 6.09. The lowest BCUT2D eigenvalue weighted by molar-refractivity contribution is 0.224. The topological polar surface area (TPSA) is 75.4 Å². The van der Waals surface area contributed by atoms with Gasteiger partial charge in [-0.1, -0.05) is 6.92 Å². The van der Waals surface area contributed by atoms with E-state index in [1.54, 1.807) is 0 Å². The first kappa shape index (κ1) is 13.9. The summed E-state index contributed by atoms with van der Waals surface area (Å²) in [5, 5.41) is 8.56. The van der Waals surface area contributed by atoms with Crippen LogP contribution < -0.4 is 10.5 Å². The van der Waals surface area contributed by atoms with E-state index < -0.39 is 10.2 Å². The Morgan fingerprint density at radius 1 is 1.56 bits per heavy atom. The maximum atomic E-state index is 11.3. The van der Waals surface area contributed by atoms with E-state index in [9.17, 15) is 8.42 Å². The number of nitrogens with two attached hydrogens (primary N) is 1. The number of hydrogen-bond acceptors (Lipinski definition) is 3. The molecule has 1 saturated heterocycles. The molecule has 0 aromatic rings. The highest BCUT2D eigenvalue weighted by Gasteiger charge is 2.29. The highest BCUT2D eigenvalue weighted by atomic mass is 32.2. The van der Waals surface area contributed by atoms with E-state index in [4.69, 9.17) is 5.14 Å². The van der Waals surface area contributed by atoms with E-state index in [0.717, 1.165) is 25.8 Å². The molecule has 3 N–H and O–H groups in total. The minimum absolute atomic E-state index is 0.351. The van der Waals surface area contributed by atoms with Crippen LogP contribution >= 0.6 is 0 Å². The van der Waals surface area contributed by atoms with Crippen molar-refractivity contribution >= 4 is 10.2 Å². The summed E-state index contributed by atoms with van der Waals surface area (Å²) < 4.78 is 23.9. The van der Waals surface area contributed by atoms with Crippen LogP contribution in [0.25, 0.3) is 0 Å². The molecule has 0 aliphatic carbocycles. The molecule has 2 unspecified atom stereocenters. The summed E-state index contributed by atoms with van der Waals surface area (Å²) in [6, 6.07) is 0.351. The molecule has 0 aromatic carbocycles. The van der Waals surface area contributed by atoms with Gasteiger partial charge in [0.15, 0.2) is 0 Å². The third-order valence-electron chi connectivity index (χ3n) is 3.20. The van der Waals surface area contributed by atoms with Gasteiger partial charge in [-0.05, 0) is 38.6 Å². The first-order valence-electron chi connectivity index (χ1n) is 5.96. The van der Waals surface area contributed by atoms with Crippen LogP contribution in [0.1, 0.15) is 33.1 Å². The zero-order chi connectivity index (χ0) is 12.2. The van der Waals surface area contributed by atoms with Crippen molar-refractivity contribution in [2.24, 2.45) is 11.1 Å². The molecule has 1 aliphatic heterocycles. The maximum absolute atomic E-state index is 11.3. The molecule has 0 bridgehead atoms. The van der Waals surface area contributed by atoms with E-state index in [1.807, 2.05) is 0 Å². The molecule has 0 spiro atoms. The quantitative estimate of drug-likeness (QED) is 0.735. The number of rotatable bonds is 5. The van der Waals surface area contributed by atoms with Crippen LogP contribution in [0.3, 0.4) is 0 Å². The standard InChI is InChI=1S/C10H23N3O2S/c1-3-6-12-9(2)10-5-4-7-13(8-10)16(11,14)15/h9-10,12H,3-8H2,1-2H3,(H2,11,14,15). The van der Waals surface area contributed by atoms with Crippen molar-refractivity contribution in [2.75, 3.05) is 19.6 Å². The molecule has 16 heavy (non-hydrogen) atoms. The Morgan fingerprint density at radius 3 is 2.81 bits per heavy atom. The van der Waals surface area contributed by atoms with Gasteiger partial charge in [0.1, 0.15) is 0 Å². The van der Waals surface area contributed by atoms with Gasteiger partial charge in [0.25, 0.3) is 10.2 Å². The number of nitrogens with one attached hydrogen (secondary N) is 1. The predicted octanol–water partition coefficient (Wildman–Crippen LogP) is 0.290. The van der Waals surface area contributed by atoms with E-state index in [-0.39, 0.29) is 0 Å². The van der Waals surface area contributed by atoms with Gasteiger partial charge in [-0.3, -0.25) is 0 Å². The van der Waals surface area contributed by atoms with Gasteiger partial charge in [0, 0.05) is 19.1 Å². The zero-order valence-electron chi connectivity index (χ0n) is 10.1. The van der Waals surface area contributed by atoms with Crippen LogP contribution in [0.15, 0.2) is 0 Å². The van der Waals surface area contributed by atoms with Crippen molar-refractivity contribution in [1.29, 1.82) is 0 Å². The Bertz CT molecular complexity index is 305. The first-order chi connectivity index (χ1) is 7.45. The summed E-state index contributed by atoms with van der Waals surface area (Å²) in [6.45, 7) is 6.34. The minimum atomic E-state index is -3.51. The lowest BCUT2D eigenvalue weighted by Crippen LogP contribution is -2.48. The SMILES string of the molecule is CCCNC(C)C1CCCN(S(N)(=O)=O)C1. The predicted molar refractivity (Wildman–Crippen MR) is 65.2 cm³/mol. The lowest BCUT2D eigenvalue weighted by Gasteiger charge is -2.34. The molecule has 1 heterocycles. The van der Waals surface area contributed by atoms with Gasteiger partial charge in [0.2, 0.25) is 0 Å². The Labute approximate surface area is 98.6 Å². The van der Waals surface area contributed by atoms with Crippen molar-refractivity contribution in [3.63, 3.8) is 0 Å². The third kappa shape index (κ3) is 4.01. The summed E-state index contributed by atoms with van der Waals surface area (Å²) in [7, 11) is -3.51. The Hall–Kier alpha value is -0.170. The zero-order valence-corrected chi connectivity index (χ0v) is 11.0. The highest BCUT2D eigenvalue weighted by Crippen LogP contribution is 2.20. The molecule has 1 aliphatic rings. The largest absolute Gasteiger partial charge is 0.314 e. The Balaban J connectivity index is 2.50.